The van der Waals surface area contributed by atoms with Crippen LogP contribution in [0.1, 0.15) is 6.42 Å². The topological polar surface area (TPSA) is 86.6 Å². The van der Waals surface area contributed by atoms with E-state index >= 15 is 0 Å². The van der Waals surface area contributed by atoms with Crippen LogP contribution in [-0.4, -0.2) is 27.9 Å². The fraction of sp³-hybridized carbons (Fsp3) is 0.750. The molecule has 0 amide bonds. The first-order chi connectivity index (χ1) is 4.50. The second-order valence-electron chi connectivity index (χ2n) is 2.23. The highest BCUT2D eigenvalue weighted by atomic mass is 31.2. The molecule has 3 N–H and O–H groups in total. The highest BCUT2D eigenvalue weighted by Gasteiger charge is 2.34. The Morgan fingerprint density at radius 2 is 2.20 bits per heavy atom. The van der Waals surface area contributed by atoms with Crippen molar-refractivity contribution in [1.29, 1.82) is 0 Å². The van der Waals surface area contributed by atoms with Gasteiger partial charge in [0.25, 0.3) is 0 Å². The predicted octanol–water partition coefficient (Wildman–Crippen LogP) is -0.947. The van der Waals surface area contributed by atoms with Gasteiger partial charge in [-0.15, -0.1) is 0 Å². The van der Waals surface area contributed by atoms with Crippen molar-refractivity contribution in [2.24, 2.45) is 0 Å². The summed E-state index contributed by atoms with van der Waals surface area (Å²) in [5.41, 5.74) is 0. The first kappa shape index (κ1) is 7.88. The summed E-state index contributed by atoms with van der Waals surface area (Å²) in [4.78, 5) is 27.6. The second kappa shape index (κ2) is 2.43. The van der Waals surface area contributed by atoms with Crippen molar-refractivity contribution in [3.8, 4) is 0 Å². The lowest BCUT2D eigenvalue weighted by Gasteiger charge is -2.09. The third kappa shape index (κ3) is 1.64. The van der Waals surface area contributed by atoms with Crippen LogP contribution in [0.4, 0.5) is 0 Å². The third-order valence-electron chi connectivity index (χ3n) is 1.36. The van der Waals surface area contributed by atoms with Crippen molar-refractivity contribution in [3.05, 3.63) is 0 Å². The smallest absolute Gasteiger partial charge is 0.323 e. The molecule has 0 aromatic carbocycles. The lowest BCUT2D eigenvalue weighted by Crippen LogP contribution is -2.20. The molecule has 1 heterocycles. The SMILES string of the molecule is O=C1CNC(P(=O)(O)O)C1. The first-order valence-electron chi connectivity index (χ1n) is 2.80. The Balaban J connectivity index is 2.62. The van der Waals surface area contributed by atoms with Crippen LogP contribution in [0, 0.1) is 0 Å². The summed E-state index contributed by atoms with van der Waals surface area (Å²) in [6, 6.07) is 0. The van der Waals surface area contributed by atoms with Gasteiger partial charge in [-0.2, -0.15) is 0 Å². The third-order valence-corrected chi connectivity index (χ3v) is 2.54. The van der Waals surface area contributed by atoms with Gasteiger partial charge in [0.2, 0.25) is 0 Å². The van der Waals surface area contributed by atoms with E-state index in [4.69, 9.17) is 9.79 Å². The summed E-state index contributed by atoms with van der Waals surface area (Å²) in [5.74, 6) is -1.09. The standard InChI is InChI=1S/C4H8NO4P/c6-3-1-4(5-2-3)10(7,8)9/h4-5H,1-2H2,(H2,7,8,9). The molecule has 0 bridgehead atoms. The van der Waals surface area contributed by atoms with E-state index in [0.717, 1.165) is 0 Å². The zero-order valence-corrected chi connectivity index (χ0v) is 6.04. The van der Waals surface area contributed by atoms with E-state index in [-0.39, 0.29) is 18.7 Å². The molecule has 1 unspecified atom stereocenters. The minimum absolute atomic E-state index is 0.0513. The van der Waals surface area contributed by atoms with Crippen molar-refractivity contribution < 1.29 is 19.1 Å². The summed E-state index contributed by atoms with van der Waals surface area (Å²) in [6.45, 7) is 0.0791. The molecule has 1 rings (SSSR count). The van der Waals surface area contributed by atoms with Crippen LogP contribution < -0.4 is 5.32 Å². The van der Waals surface area contributed by atoms with E-state index in [0.29, 0.717) is 0 Å². The predicted molar refractivity (Wildman–Crippen MR) is 33.5 cm³/mol. The molecule has 58 valence electrons. The molecular formula is C4H8NO4P. The molecule has 10 heavy (non-hydrogen) atoms. The maximum absolute atomic E-state index is 10.5. The summed E-state index contributed by atoms with van der Waals surface area (Å²) >= 11 is 0. The number of hydrogen-bond donors (Lipinski definition) is 3. The minimum atomic E-state index is -4.08. The molecule has 1 saturated heterocycles. The van der Waals surface area contributed by atoms with Gasteiger partial charge in [-0.25, -0.2) is 0 Å². The monoisotopic (exact) mass is 165 g/mol. The molecule has 0 aromatic rings. The van der Waals surface area contributed by atoms with Gasteiger partial charge in [0, 0.05) is 6.42 Å². The van der Waals surface area contributed by atoms with Crippen molar-refractivity contribution in [2.45, 2.75) is 12.2 Å². The molecule has 5 nitrogen and oxygen atoms in total. The number of rotatable bonds is 1. The fourth-order valence-electron chi connectivity index (χ4n) is 0.829. The average molecular weight is 165 g/mol. The van der Waals surface area contributed by atoms with E-state index in [2.05, 4.69) is 5.32 Å². The largest absolute Gasteiger partial charge is 0.342 e. The zero-order valence-electron chi connectivity index (χ0n) is 5.15. The Morgan fingerprint density at radius 3 is 2.40 bits per heavy atom. The number of ketones is 1. The lowest BCUT2D eigenvalue weighted by atomic mass is 10.4. The van der Waals surface area contributed by atoms with Crippen molar-refractivity contribution in [1.82, 2.24) is 5.32 Å². The van der Waals surface area contributed by atoms with Crippen LogP contribution in [0.25, 0.3) is 0 Å². The maximum atomic E-state index is 10.5. The van der Waals surface area contributed by atoms with Crippen LogP contribution in [0.2, 0.25) is 0 Å². The normalized spacial score (nSPS) is 27.4. The maximum Gasteiger partial charge on any atom is 0.342 e. The highest BCUT2D eigenvalue weighted by molar-refractivity contribution is 7.52. The lowest BCUT2D eigenvalue weighted by molar-refractivity contribution is -0.116. The molecule has 1 atom stereocenters. The summed E-state index contributed by atoms with van der Waals surface area (Å²) in [7, 11) is -4.08. The number of carbonyl (C=O) groups is 1. The van der Waals surface area contributed by atoms with Crippen LogP contribution in [0.3, 0.4) is 0 Å². The van der Waals surface area contributed by atoms with Crippen LogP contribution in [0.5, 0.6) is 0 Å². The number of hydrogen-bond acceptors (Lipinski definition) is 3. The molecule has 6 heteroatoms. The van der Waals surface area contributed by atoms with Gasteiger partial charge in [-0.3, -0.25) is 14.7 Å². The van der Waals surface area contributed by atoms with Crippen LogP contribution in [0.15, 0.2) is 0 Å². The molecule has 0 saturated carbocycles. The van der Waals surface area contributed by atoms with Crippen molar-refractivity contribution in [2.75, 3.05) is 6.54 Å². The molecule has 1 fully saturated rings. The summed E-state index contributed by atoms with van der Waals surface area (Å²) in [5, 5.41) is 2.43. The Morgan fingerprint density at radius 1 is 1.60 bits per heavy atom. The Kier molecular flexibility index (Phi) is 1.92. The fourth-order valence-corrected chi connectivity index (χ4v) is 1.60. The summed E-state index contributed by atoms with van der Waals surface area (Å²) in [6.07, 6.45) is -0.0513. The highest BCUT2D eigenvalue weighted by Crippen LogP contribution is 2.42. The Bertz CT molecular complexity index is 197. The van der Waals surface area contributed by atoms with E-state index < -0.39 is 13.4 Å². The number of carbonyl (C=O) groups excluding carboxylic acids is 1. The number of nitrogens with one attached hydrogen (secondary N) is 1. The van der Waals surface area contributed by atoms with Gasteiger partial charge in [-0.05, 0) is 0 Å². The van der Waals surface area contributed by atoms with E-state index in [9.17, 15) is 9.36 Å². The summed E-state index contributed by atoms with van der Waals surface area (Å²) < 4.78 is 10.5. The van der Waals surface area contributed by atoms with E-state index in [1.165, 1.54) is 0 Å². The van der Waals surface area contributed by atoms with Crippen LogP contribution >= 0.6 is 7.60 Å². The van der Waals surface area contributed by atoms with E-state index in [1.807, 2.05) is 0 Å². The molecule has 1 aliphatic heterocycles. The number of Topliss-reactive ketones (excluding diaryl/α,β-unsaturated/α-hetero) is 1. The van der Waals surface area contributed by atoms with Gasteiger partial charge in [0.1, 0.15) is 11.6 Å². The van der Waals surface area contributed by atoms with Gasteiger partial charge in [0.15, 0.2) is 0 Å². The molecule has 0 radical (unpaired) electrons. The second-order valence-corrected chi connectivity index (χ2v) is 4.03. The van der Waals surface area contributed by atoms with Crippen molar-refractivity contribution in [3.63, 3.8) is 0 Å². The van der Waals surface area contributed by atoms with Gasteiger partial charge < -0.3 is 9.79 Å². The van der Waals surface area contributed by atoms with Gasteiger partial charge in [-0.1, -0.05) is 0 Å². The Hall–Kier alpha value is -0.220. The van der Waals surface area contributed by atoms with Gasteiger partial charge in [0.05, 0.1) is 6.54 Å². The van der Waals surface area contributed by atoms with Crippen LogP contribution in [-0.2, 0) is 9.36 Å². The van der Waals surface area contributed by atoms with Gasteiger partial charge >= 0.3 is 7.60 Å². The molecule has 0 aromatic heterocycles. The molecular weight excluding hydrogens is 157 g/mol. The molecule has 0 spiro atoms. The molecule has 1 aliphatic rings. The van der Waals surface area contributed by atoms with Crippen molar-refractivity contribution >= 4 is 13.4 Å². The quantitative estimate of drug-likeness (QED) is 0.436. The Labute approximate surface area is 57.6 Å². The minimum Gasteiger partial charge on any atom is -0.323 e. The van der Waals surface area contributed by atoms with E-state index in [1.54, 1.807) is 0 Å². The first-order valence-corrected chi connectivity index (χ1v) is 4.48. The average Bonchev–Trinajstić information content (AvgIpc) is 2.11. The molecule has 0 aliphatic carbocycles. The zero-order chi connectivity index (χ0) is 7.78.